The Balaban J connectivity index is 0.000000561. The van der Waals surface area contributed by atoms with Crippen LogP contribution in [-0.2, 0) is 17.3 Å². The van der Waals surface area contributed by atoms with Crippen molar-refractivity contribution in [3.63, 3.8) is 0 Å². The molecule has 7 heteroatoms. The summed E-state index contributed by atoms with van der Waals surface area (Å²) in [6.07, 6.45) is 1.34. The van der Waals surface area contributed by atoms with Gasteiger partial charge in [-0.15, -0.1) is 11.6 Å². The van der Waals surface area contributed by atoms with Gasteiger partial charge in [-0.2, -0.15) is 6.07 Å². The first-order chi connectivity index (χ1) is 5.72. The molecule has 1 aromatic heterocycles. The van der Waals surface area contributed by atoms with Gasteiger partial charge in [-0.1, -0.05) is 12.3 Å². The Morgan fingerprint density at radius 2 is 2.25 bits per heavy atom. The fourth-order valence-corrected chi connectivity index (χ4v) is 0.648. The summed E-state index contributed by atoms with van der Waals surface area (Å²) in [5, 5.41) is 9.94. The van der Waals surface area contributed by atoms with Crippen molar-refractivity contribution < 1.29 is 22.2 Å². The van der Waals surface area contributed by atoms with Gasteiger partial charge < -0.3 is 4.98 Å². The predicted molar refractivity (Wildman–Crippen MR) is 40.6 cm³/mol. The second-order valence-corrected chi connectivity index (χ2v) is 1.84. The summed E-state index contributed by atoms with van der Waals surface area (Å²) in [7, 11) is 4.76. The Morgan fingerprint density at radius 1 is 1.67 bits per heavy atom. The summed E-state index contributed by atoms with van der Waals surface area (Å²) in [6.45, 7) is 0. The number of nitrogens with zero attached hydrogens (tertiary/aromatic N) is 2. The fraction of sp³-hybridized carbons (Fsp3) is 0. The van der Waals surface area contributed by atoms with Crippen LogP contribution in [0.2, 0.25) is 5.15 Å². The molecule has 1 heterocycles. The molecular formula is C5H2Cl2N2O2Zn. The van der Waals surface area contributed by atoms with E-state index in [1.807, 2.05) is 0 Å². The van der Waals surface area contributed by atoms with E-state index < -0.39 is 4.92 Å². The number of hydrogen-bond acceptors (Lipinski definition) is 3. The van der Waals surface area contributed by atoms with Crippen LogP contribution in [0.15, 0.2) is 12.3 Å². The third-order valence-electron chi connectivity index (χ3n) is 0.860. The van der Waals surface area contributed by atoms with E-state index >= 15 is 0 Å². The molecule has 0 spiro atoms. The molecule has 12 heavy (non-hydrogen) atoms. The van der Waals surface area contributed by atoms with Gasteiger partial charge in [0.05, 0.1) is 5.15 Å². The van der Waals surface area contributed by atoms with Crippen molar-refractivity contribution in [1.29, 1.82) is 0 Å². The molecule has 0 saturated carbocycles. The van der Waals surface area contributed by atoms with E-state index in [1.165, 1.54) is 12.3 Å². The number of rotatable bonds is 1. The molecule has 0 aliphatic carbocycles. The third kappa shape index (κ3) is 3.43. The quantitative estimate of drug-likeness (QED) is 0.255. The summed E-state index contributed by atoms with van der Waals surface area (Å²) in [5.41, 5.74) is -0.288. The molecule has 0 unspecified atom stereocenters. The van der Waals surface area contributed by atoms with Crippen molar-refractivity contribution in [2.75, 3.05) is 0 Å². The van der Waals surface area contributed by atoms with Crippen LogP contribution in [0.1, 0.15) is 0 Å². The number of nitro groups is 1. The number of halogens is 2. The van der Waals surface area contributed by atoms with Crippen LogP contribution in [0, 0.1) is 16.2 Å². The zero-order valence-electron chi connectivity index (χ0n) is 5.83. The standard InChI is InChI=1S/C5H2ClN2O2.ClH.Zn/c6-5-4(8(9)10)2-1-3-7-5;;/h1,3H;1H;/q-1;;+2/p-1. The van der Waals surface area contributed by atoms with E-state index in [1.54, 1.807) is 0 Å². The van der Waals surface area contributed by atoms with E-state index in [0.717, 1.165) is 17.3 Å². The normalized spacial score (nSPS) is 8.33. The molecule has 0 bridgehead atoms. The molecule has 0 N–H and O–H groups in total. The Labute approximate surface area is 87.8 Å². The Hall–Kier alpha value is -0.247. The van der Waals surface area contributed by atoms with Crippen LogP contribution in [0.25, 0.3) is 0 Å². The van der Waals surface area contributed by atoms with Gasteiger partial charge in [0.2, 0.25) is 0 Å². The van der Waals surface area contributed by atoms with Crippen molar-refractivity contribution >= 4 is 27.0 Å². The van der Waals surface area contributed by atoms with Gasteiger partial charge in [0.1, 0.15) is 0 Å². The van der Waals surface area contributed by atoms with Crippen LogP contribution in [0.3, 0.4) is 0 Å². The van der Waals surface area contributed by atoms with Gasteiger partial charge in [0.15, 0.2) is 5.69 Å². The van der Waals surface area contributed by atoms with Gasteiger partial charge in [0, 0.05) is 4.92 Å². The average molecular weight is 258 g/mol. The van der Waals surface area contributed by atoms with E-state index in [9.17, 15) is 10.1 Å². The average Bonchev–Trinajstić information content (AvgIpc) is 2.08. The molecule has 0 atom stereocenters. The Bertz CT molecular complexity index is 271. The Kier molecular flexibility index (Phi) is 6.16. The van der Waals surface area contributed by atoms with Gasteiger partial charge >= 0.3 is 27.0 Å². The molecule has 4 nitrogen and oxygen atoms in total. The van der Waals surface area contributed by atoms with Crippen molar-refractivity contribution in [3.8, 4) is 0 Å². The van der Waals surface area contributed by atoms with E-state index in [0.29, 0.717) is 0 Å². The fourth-order valence-electron chi connectivity index (χ4n) is 0.468. The Morgan fingerprint density at radius 3 is 2.58 bits per heavy atom. The second kappa shape index (κ2) is 6.29. The van der Waals surface area contributed by atoms with Gasteiger partial charge in [-0.3, -0.25) is 10.1 Å². The van der Waals surface area contributed by atoms with Crippen LogP contribution < -0.4 is 0 Å². The number of pyridine rings is 1. The first-order valence-electron chi connectivity index (χ1n) is 2.65. The summed E-state index contributed by atoms with van der Waals surface area (Å²) in [5.74, 6) is 0. The summed E-state index contributed by atoms with van der Waals surface area (Å²) >= 11 is 6.18. The molecule has 0 aromatic carbocycles. The maximum absolute atomic E-state index is 10.1. The van der Waals surface area contributed by atoms with Crippen LogP contribution in [0.5, 0.6) is 0 Å². The predicted octanol–water partition coefficient (Wildman–Crippen LogP) is 2.13. The van der Waals surface area contributed by atoms with Crippen LogP contribution in [0.4, 0.5) is 5.69 Å². The summed E-state index contributed by atoms with van der Waals surface area (Å²) in [4.78, 5) is 12.9. The molecular weight excluding hydrogens is 256 g/mol. The molecule has 0 radical (unpaired) electrons. The summed E-state index contributed by atoms with van der Waals surface area (Å²) < 4.78 is 0. The monoisotopic (exact) mass is 256 g/mol. The van der Waals surface area contributed by atoms with Gasteiger partial charge in [-0.05, 0) is 0 Å². The van der Waals surface area contributed by atoms with Crippen molar-refractivity contribution in [2.24, 2.45) is 0 Å². The van der Waals surface area contributed by atoms with E-state index in [4.69, 9.17) is 21.3 Å². The molecule has 1 aromatic rings. The minimum atomic E-state index is -0.630. The molecule has 0 fully saturated rings. The zero-order valence-corrected chi connectivity index (χ0v) is 10.3. The van der Waals surface area contributed by atoms with E-state index in [-0.39, 0.29) is 10.8 Å². The van der Waals surface area contributed by atoms with Crippen LogP contribution >= 0.6 is 21.3 Å². The molecule has 1 rings (SSSR count). The van der Waals surface area contributed by atoms with Crippen molar-refractivity contribution in [1.82, 2.24) is 4.98 Å². The summed E-state index contributed by atoms with van der Waals surface area (Å²) in [6, 6.07) is 3.68. The molecule has 0 amide bonds. The second-order valence-electron chi connectivity index (χ2n) is 1.49. The number of aromatic nitrogens is 1. The van der Waals surface area contributed by atoms with Gasteiger partial charge in [-0.25, -0.2) is 0 Å². The first-order valence-corrected chi connectivity index (χ1v) is 6.93. The third-order valence-corrected chi connectivity index (χ3v) is 1.14. The van der Waals surface area contributed by atoms with Crippen molar-refractivity contribution in [3.05, 3.63) is 33.6 Å². The topological polar surface area (TPSA) is 56.0 Å². The molecule has 60 valence electrons. The first kappa shape index (κ1) is 11.8. The van der Waals surface area contributed by atoms with Crippen molar-refractivity contribution in [2.45, 2.75) is 0 Å². The zero-order chi connectivity index (χ0) is 9.56. The molecule has 0 saturated heterocycles. The number of hydrogen-bond donors (Lipinski definition) is 0. The minimum absolute atomic E-state index is 0.132. The van der Waals surface area contributed by atoms with Gasteiger partial charge in [0.25, 0.3) is 0 Å². The van der Waals surface area contributed by atoms with E-state index in [2.05, 4.69) is 11.1 Å². The van der Waals surface area contributed by atoms with Crippen LogP contribution in [-0.4, -0.2) is 9.91 Å². The SMILES string of the molecule is O=[N+]([O-])c1[c-]ccnc1Cl.[Cl][Zn+]. The molecule has 0 aliphatic heterocycles. The molecule has 0 aliphatic rings. The maximum atomic E-state index is 10.1.